The van der Waals surface area contributed by atoms with Gasteiger partial charge in [0.25, 0.3) is 0 Å². The Morgan fingerprint density at radius 3 is 2.67 bits per heavy atom. The minimum Gasteiger partial charge on any atom is -0.398 e. The number of anilines is 1. The highest BCUT2D eigenvalue weighted by molar-refractivity contribution is 6.30. The monoisotopic (exact) mass is 269 g/mol. The van der Waals surface area contributed by atoms with Gasteiger partial charge in [-0.25, -0.2) is 0 Å². The summed E-state index contributed by atoms with van der Waals surface area (Å²) in [6.07, 6.45) is 0. The maximum absolute atomic E-state index is 11.1. The van der Waals surface area contributed by atoms with E-state index >= 15 is 0 Å². The Labute approximate surface area is 113 Å². The van der Waals surface area contributed by atoms with Crippen LogP contribution in [0.4, 0.5) is 5.69 Å². The molecule has 0 aromatic heterocycles. The van der Waals surface area contributed by atoms with E-state index in [9.17, 15) is 4.79 Å². The normalized spacial score (nSPS) is 11.2. The molecule has 0 radical (unpaired) electrons. The van der Waals surface area contributed by atoms with Crippen LogP contribution in [0.5, 0.6) is 0 Å². The van der Waals surface area contributed by atoms with Crippen LogP contribution in [0.25, 0.3) is 0 Å². The standard InChI is InChI=1S/C13H20ClN3O/c1-9(2)6-17(8-13(16)18)7-10-5-11(14)3-4-12(10)15/h3-5,9H,6-8,15H2,1-2H3,(H2,16,18). The van der Waals surface area contributed by atoms with Crippen molar-refractivity contribution in [3.63, 3.8) is 0 Å². The Hall–Kier alpha value is -1.26. The van der Waals surface area contributed by atoms with Crippen molar-refractivity contribution in [3.05, 3.63) is 28.8 Å². The third-order valence-corrected chi connectivity index (χ3v) is 2.74. The van der Waals surface area contributed by atoms with E-state index in [0.717, 1.165) is 12.1 Å². The van der Waals surface area contributed by atoms with Crippen molar-refractivity contribution < 1.29 is 4.79 Å². The zero-order valence-corrected chi connectivity index (χ0v) is 11.6. The summed E-state index contributed by atoms with van der Waals surface area (Å²) in [7, 11) is 0. The minimum absolute atomic E-state index is 0.226. The predicted molar refractivity (Wildman–Crippen MR) is 75.2 cm³/mol. The van der Waals surface area contributed by atoms with Crippen LogP contribution in [0.2, 0.25) is 5.02 Å². The molecule has 18 heavy (non-hydrogen) atoms. The lowest BCUT2D eigenvalue weighted by Crippen LogP contribution is -2.35. The molecule has 0 atom stereocenters. The highest BCUT2D eigenvalue weighted by atomic mass is 35.5. The first-order chi connectivity index (χ1) is 8.38. The highest BCUT2D eigenvalue weighted by Crippen LogP contribution is 2.19. The summed E-state index contributed by atoms with van der Waals surface area (Å²) >= 11 is 5.95. The van der Waals surface area contributed by atoms with Crippen LogP contribution in [-0.4, -0.2) is 23.9 Å². The van der Waals surface area contributed by atoms with E-state index < -0.39 is 0 Å². The molecule has 4 nitrogen and oxygen atoms in total. The number of rotatable bonds is 6. The van der Waals surface area contributed by atoms with E-state index in [0.29, 0.717) is 23.2 Å². The van der Waals surface area contributed by atoms with Crippen molar-refractivity contribution in [1.29, 1.82) is 0 Å². The second kappa shape index (κ2) is 6.61. The fourth-order valence-electron chi connectivity index (χ4n) is 1.87. The first-order valence-corrected chi connectivity index (χ1v) is 6.31. The number of hydrogen-bond acceptors (Lipinski definition) is 3. The number of nitrogens with two attached hydrogens (primary N) is 2. The van der Waals surface area contributed by atoms with E-state index in [-0.39, 0.29) is 12.5 Å². The Morgan fingerprint density at radius 2 is 2.11 bits per heavy atom. The summed E-state index contributed by atoms with van der Waals surface area (Å²) in [6, 6.07) is 5.35. The fraction of sp³-hybridized carbons (Fsp3) is 0.462. The molecular weight excluding hydrogens is 250 g/mol. The van der Waals surface area contributed by atoms with Gasteiger partial charge in [0.05, 0.1) is 6.54 Å². The van der Waals surface area contributed by atoms with E-state index in [1.807, 2.05) is 11.0 Å². The number of nitrogens with zero attached hydrogens (tertiary/aromatic N) is 1. The van der Waals surface area contributed by atoms with Crippen molar-refractivity contribution in [2.45, 2.75) is 20.4 Å². The molecule has 0 unspecified atom stereocenters. The molecule has 0 aliphatic rings. The average molecular weight is 270 g/mol. The van der Waals surface area contributed by atoms with Gasteiger partial charge < -0.3 is 11.5 Å². The number of halogens is 1. The molecule has 0 saturated carbocycles. The minimum atomic E-state index is -0.337. The molecule has 0 saturated heterocycles. The maximum atomic E-state index is 11.1. The number of carbonyl (C=O) groups excluding carboxylic acids is 1. The lowest BCUT2D eigenvalue weighted by atomic mass is 10.1. The largest absolute Gasteiger partial charge is 0.398 e. The number of benzene rings is 1. The van der Waals surface area contributed by atoms with Crippen LogP contribution in [-0.2, 0) is 11.3 Å². The van der Waals surface area contributed by atoms with Gasteiger partial charge in [0, 0.05) is 23.8 Å². The van der Waals surface area contributed by atoms with Gasteiger partial charge in [0.1, 0.15) is 0 Å². The van der Waals surface area contributed by atoms with Gasteiger partial charge in [0.15, 0.2) is 0 Å². The van der Waals surface area contributed by atoms with Crippen LogP contribution in [0.3, 0.4) is 0 Å². The third-order valence-electron chi connectivity index (χ3n) is 2.50. The maximum Gasteiger partial charge on any atom is 0.231 e. The summed E-state index contributed by atoms with van der Waals surface area (Å²) in [6.45, 7) is 5.77. The summed E-state index contributed by atoms with van der Waals surface area (Å²) < 4.78 is 0. The topological polar surface area (TPSA) is 72.3 Å². The van der Waals surface area contributed by atoms with Gasteiger partial charge in [0.2, 0.25) is 5.91 Å². The van der Waals surface area contributed by atoms with E-state index in [1.165, 1.54) is 0 Å². The van der Waals surface area contributed by atoms with Gasteiger partial charge >= 0.3 is 0 Å². The fourth-order valence-corrected chi connectivity index (χ4v) is 2.07. The molecule has 5 heteroatoms. The summed E-state index contributed by atoms with van der Waals surface area (Å²) in [5.41, 5.74) is 12.7. The average Bonchev–Trinajstić information content (AvgIpc) is 2.21. The van der Waals surface area contributed by atoms with Gasteiger partial charge in [-0.3, -0.25) is 9.69 Å². The lowest BCUT2D eigenvalue weighted by Gasteiger charge is -2.23. The number of carbonyl (C=O) groups is 1. The van der Waals surface area contributed by atoms with Crippen LogP contribution in [0.1, 0.15) is 19.4 Å². The molecule has 0 bridgehead atoms. The molecular formula is C13H20ClN3O. The Kier molecular flexibility index (Phi) is 5.44. The second-order valence-corrected chi connectivity index (χ2v) is 5.31. The molecule has 0 aliphatic carbocycles. The van der Waals surface area contributed by atoms with Crippen LogP contribution in [0.15, 0.2) is 18.2 Å². The molecule has 100 valence electrons. The first-order valence-electron chi connectivity index (χ1n) is 5.93. The Morgan fingerprint density at radius 1 is 1.44 bits per heavy atom. The van der Waals surface area contributed by atoms with Gasteiger partial charge in [-0.2, -0.15) is 0 Å². The molecule has 4 N–H and O–H groups in total. The van der Waals surface area contributed by atoms with E-state index in [2.05, 4.69) is 13.8 Å². The third kappa shape index (κ3) is 4.94. The molecule has 1 aromatic rings. The van der Waals surface area contributed by atoms with Gasteiger partial charge in [-0.1, -0.05) is 25.4 Å². The summed E-state index contributed by atoms with van der Waals surface area (Å²) in [4.78, 5) is 13.0. The molecule has 1 aromatic carbocycles. The van der Waals surface area contributed by atoms with Gasteiger partial charge in [-0.15, -0.1) is 0 Å². The SMILES string of the molecule is CC(C)CN(CC(N)=O)Cc1cc(Cl)ccc1N. The first kappa shape index (κ1) is 14.8. The van der Waals surface area contributed by atoms with E-state index in [1.54, 1.807) is 12.1 Å². The highest BCUT2D eigenvalue weighted by Gasteiger charge is 2.12. The van der Waals surface area contributed by atoms with Crippen molar-refractivity contribution in [2.24, 2.45) is 11.7 Å². The van der Waals surface area contributed by atoms with Crippen LogP contribution >= 0.6 is 11.6 Å². The Balaban J connectivity index is 2.81. The van der Waals surface area contributed by atoms with Crippen molar-refractivity contribution in [1.82, 2.24) is 4.90 Å². The molecule has 0 fully saturated rings. The number of nitrogen functional groups attached to an aromatic ring is 1. The van der Waals surface area contributed by atoms with Crippen molar-refractivity contribution in [2.75, 3.05) is 18.8 Å². The smallest absolute Gasteiger partial charge is 0.231 e. The predicted octanol–water partition coefficient (Wildman–Crippen LogP) is 1.87. The molecule has 1 rings (SSSR count). The van der Waals surface area contributed by atoms with Crippen LogP contribution in [0, 0.1) is 5.92 Å². The Bertz CT molecular complexity index is 421. The summed E-state index contributed by atoms with van der Waals surface area (Å²) in [5, 5.41) is 0.641. The molecule has 0 spiro atoms. The van der Waals surface area contributed by atoms with Crippen molar-refractivity contribution >= 4 is 23.2 Å². The van der Waals surface area contributed by atoms with Crippen LogP contribution < -0.4 is 11.5 Å². The van der Waals surface area contributed by atoms with Gasteiger partial charge in [-0.05, 0) is 29.7 Å². The number of amides is 1. The molecule has 1 amide bonds. The molecule has 0 aliphatic heterocycles. The van der Waals surface area contributed by atoms with E-state index in [4.69, 9.17) is 23.1 Å². The summed E-state index contributed by atoms with van der Waals surface area (Å²) in [5.74, 6) is 0.112. The lowest BCUT2D eigenvalue weighted by molar-refractivity contribution is -0.119. The quantitative estimate of drug-likeness (QED) is 0.775. The molecule has 0 heterocycles. The number of primary amides is 1. The van der Waals surface area contributed by atoms with Crippen molar-refractivity contribution in [3.8, 4) is 0 Å². The zero-order chi connectivity index (χ0) is 13.7. The second-order valence-electron chi connectivity index (χ2n) is 4.87. The zero-order valence-electron chi connectivity index (χ0n) is 10.8. The number of hydrogen-bond donors (Lipinski definition) is 2.